The second-order valence-electron chi connectivity index (χ2n) is 9.52. The molecule has 0 spiro atoms. The molecule has 182 valence electrons. The predicted molar refractivity (Wildman–Crippen MR) is 123 cm³/mol. The third-order valence-corrected chi connectivity index (χ3v) is 7.47. The summed E-state index contributed by atoms with van der Waals surface area (Å²) in [7, 11) is 1.90. The first-order chi connectivity index (χ1) is 15.7. The van der Waals surface area contributed by atoms with Gasteiger partial charge in [-0.15, -0.1) is 0 Å². The Morgan fingerprint density at radius 1 is 1.33 bits per heavy atom. The molecule has 33 heavy (non-hydrogen) atoms. The van der Waals surface area contributed by atoms with Crippen molar-refractivity contribution in [3.8, 4) is 5.19 Å². The van der Waals surface area contributed by atoms with E-state index in [4.69, 9.17) is 4.74 Å². The second kappa shape index (κ2) is 10.5. The molecular formula is C23H33F2N5O2S. The first kappa shape index (κ1) is 24.1. The van der Waals surface area contributed by atoms with Crippen LogP contribution < -0.4 is 10.1 Å². The van der Waals surface area contributed by atoms with Gasteiger partial charge in [0.15, 0.2) is 6.61 Å². The molecule has 7 nitrogen and oxygen atoms in total. The van der Waals surface area contributed by atoms with E-state index in [1.807, 2.05) is 17.8 Å². The molecule has 0 saturated heterocycles. The van der Waals surface area contributed by atoms with Crippen molar-refractivity contribution in [3.05, 3.63) is 28.8 Å². The van der Waals surface area contributed by atoms with Gasteiger partial charge in [0.2, 0.25) is 5.91 Å². The summed E-state index contributed by atoms with van der Waals surface area (Å²) in [6.45, 7) is 2.97. The van der Waals surface area contributed by atoms with E-state index in [2.05, 4.69) is 20.2 Å². The van der Waals surface area contributed by atoms with Gasteiger partial charge in [0.05, 0.1) is 24.1 Å². The Kier molecular flexibility index (Phi) is 7.63. The van der Waals surface area contributed by atoms with Gasteiger partial charge in [0.25, 0.3) is 11.1 Å². The number of nitrogens with one attached hydrogen (secondary N) is 1. The molecule has 1 aliphatic heterocycles. The van der Waals surface area contributed by atoms with E-state index in [1.54, 1.807) is 6.33 Å². The molecule has 0 unspecified atom stereocenters. The predicted octanol–water partition coefficient (Wildman–Crippen LogP) is 3.58. The van der Waals surface area contributed by atoms with Crippen molar-refractivity contribution in [2.45, 2.75) is 70.4 Å². The number of ether oxygens (including phenoxy) is 1. The van der Waals surface area contributed by atoms with Crippen molar-refractivity contribution in [1.82, 2.24) is 24.8 Å². The number of hydrogen-bond acceptors (Lipinski definition) is 6. The molecule has 0 aromatic carbocycles. The van der Waals surface area contributed by atoms with Crippen LogP contribution in [0, 0.1) is 5.92 Å². The maximum absolute atomic E-state index is 13.0. The van der Waals surface area contributed by atoms with Crippen LogP contribution in [0.15, 0.2) is 12.5 Å². The third-order valence-electron chi connectivity index (χ3n) is 6.40. The molecule has 1 N–H and O–H groups in total. The molecule has 10 heteroatoms. The van der Waals surface area contributed by atoms with Crippen LogP contribution in [-0.2, 0) is 31.2 Å². The van der Waals surface area contributed by atoms with Crippen molar-refractivity contribution in [2.24, 2.45) is 13.0 Å². The van der Waals surface area contributed by atoms with Gasteiger partial charge < -0.3 is 14.6 Å². The fourth-order valence-electron chi connectivity index (χ4n) is 4.63. The first-order valence-corrected chi connectivity index (χ1v) is 12.5. The van der Waals surface area contributed by atoms with E-state index in [0.717, 1.165) is 81.3 Å². The summed E-state index contributed by atoms with van der Waals surface area (Å²) < 4.78 is 33.1. The number of imidazole rings is 1. The average Bonchev–Trinajstić information content (AvgIpc) is 3.36. The Morgan fingerprint density at radius 3 is 2.82 bits per heavy atom. The molecule has 2 aliphatic rings. The van der Waals surface area contributed by atoms with Crippen LogP contribution in [0.5, 0.6) is 5.19 Å². The monoisotopic (exact) mass is 481 g/mol. The van der Waals surface area contributed by atoms with Crippen molar-refractivity contribution in [1.29, 1.82) is 0 Å². The lowest BCUT2D eigenvalue weighted by Gasteiger charge is -2.32. The fraction of sp³-hybridized carbons (Fsp3) is 0.696. The number of thiazole rings is 1. The quantitative estimate of drug-likeness (QED) is 0.593. The van der Waals surface area contributed by atoms with E-state index in [9.17, 15) is 13.6 Å². The molecule has 1 aliphatic carbocycles. The van der Waals surface area contributed by atoms with E-state index >= 15 is 0 Å². The van der Waals surface area contributed by atoms with Gasteiger partial charge in [-0.2, -0.15) is 0 Å². The standard InChI is InChI=1S/C23H33F2N5O2S/c1-23(24,25)14-32-22-28-19-13-30(10-8-20(19)33-22)9-7-16-3-5-17(6-4-16)27-21(31)11-18-12-29(2)15-26-18/h12,15-17H,3-11,13-14H2,1-2H3,(H,27,31)/t16-,17-. The lowest BCUT2D eigenvalue weighted by Crippen LogP contribution is -2.39. The highest BCUT2D eigenvalue weighted by molar-refractivity contribution is 7.13. The number of halogens is 2. The number of nitrogens with zero attached hydrogens (tertiary/aromatic N) is 4. The van der Waals surface area contributed by atoms with E-state index < -0.39 is 12.5 Å². The van der Waals surface area contributed by atoms with Gasteiger partial charge in [-0.25, -0.2) is 18.7 Å². The number of carbonyl (C=O) groups is 1. The summed E-state index contributed by atoms with van der Waals surface area (Å²) in [6, 6.07) is 0.263. The van der Waals surface area contributed by atoms with Crippen LogP contribution in [0.4, 0.5) is 8.78 Å². The van der Waals surface area contributed by atoms with Gasteiger partial charge in [-0.3, -0.25) is 9.69 Å². The Labute approximate surface area is 197 Å². The molecule has 0 bridgehead atoms. The Bertz CT molecular complexity index is 934. The molecular weight excluding hydrogens is 448 g/mol. The van der Waals surface area contributed by atoms with Crippen molar-refractivity contribution >= 4 is 17.2 Å². The van der Waals surface area contributed by atoms with E-state index in [0.29, 0.717) is 17.5 Å². The summed E-state index contributed by atoms with van der Waals surface area (Å²) in [5, 5.41) is 3.52. The largest absolute Gasteiger partial charge is 0.464 e. The van der Waals surface area contributed by atoms with Crippen molar-refractivity contribution in [2.75, 3.05) is 19.7 Å². The molecule has 1 amide bonds. The third kappa shape index (κ3) is 7.20. The van der Waals surface area contributed by atoms with Crippen molar-refractivity contribution < 1.29 is 18.3 Å². The highest BCUT2D eigenvalue weighted by atomic mass is 32.1. The van der Waals surface area contributed by atoms with Gasteiger partial charge in [-0.05, 0) is 51.0 Å². The minimum atomic E-state index is -2.85. The number of aromatic nitrogens is 3. The van der Waals surface area contributed by atoms with Gasteiger partial charge in [0, 0.05) is 44.2 Å². The zero-order chi connectivity index (χ0) is 23.4. The second-order valence-corrected chi connectivity index (χ2v) is 10.6. The zero-order valence-electron chi connectivity index (χ0n) is 19.4. The molecule has 2 aromatic heterocycles. The van der Waals surface area contributed by atoms with Crippen LogP contribution in [-0.4, -0.2) is 57.0 Å². The van der Waals surface area contributed by atoms with Gasteiger partial charge in [-0.1, -0.05) is 11.3 Å². The molecule has 0 radical (unpaired) electrons. The highest BCUT2D eigenvalue weighted by Gasteiger charge is 2.27. The average molecular weight is 482 g/mol. The van der Waals surface area contributed by atoms with Crippen LogP contribution >= 0.6 is 11.3 Å². The number of amides is 1. The first-order valence-electron chi connectivity index (χ1n) is 11.7. The summed E-state index contributed by atoms with van der Waals surface area (Å²) in [5.74, 6) is -2.12. The highest BCUT2D eigenvalue weighted by Crippen LogP contribution is 2.32. The SMILES string of the molecule is Cn1cnc(CC(=O)N[C@H]2CC[C@H](CCN3CCc4sc(OCC(C)(F)F)nc4C3)CC2)c1. The minimum absolute atomic E-state index is 0.0514. The van der Waals surface area contributed by atoms with Gasteiger partial charge >= 0.3 is 0 Å². The van der Waals surface area contributed by atoms with E-state index in [-0.39, 0.29) is 11.9 Å². The lowest BCUT2D eigenvalue weighted by atomic mass is 9.84. The molecule has 2 aromatic rings. The van der Waals surface area contributed by atoms with Crippen LogP contribution in [0.3, 0.4) is 0 Å². The molecule has 1 fully saturated rings. The van der Waals surface area contributed by atoms with Crippen LogP contribution in [0.2, 0.25) is 0 Å². The van der Waals surface area contributed by atoms with Crippen LogP contribution in [0.25, 0.3) is 0 Å². The zero-order valence-corrected chi connectivity index (χ0v) is 20.2. The summed E-state index contributed by atoms with van der Waals surface area (Å²) in [4.78, 5) is 24.5. The Balaban J connectivity index is 1.15. The lowest BCUT2D eigenvalue weighted by molar-refractivity contribution is -0.121. The fourth-order valence-corrected chi connectivity index (χ4v) is 5.54. The van der Waals surface area contributed by atoms with E-state index in [1.165, 1.54) is 11.3 Å². The maximum Gasteiger partial charge on any atom is 0.278 e. The summed E-state index contributed by atoms with van der Waals surface area (Å²) in [6.07, 6.45) is 10.3. The number of alkyl halides is 2. The van der Waals surface area contributed by atoms with Crippen LogP contribution in [0.1, 0.15) is 55.3 Å². The van der Waals surface area contributed by atoms with Gasteiger partial charge in [0.1, 0.15) is 0 Å². The number of fused-ring (bicyclic) bond motifs is 1. The molecule has 4 rings (SSSR count). The number of aryl methyl sites for hydroxylation is 1. The topological polar surface area (TPSA) is 72.3 Å². The van der Waals surface area contributed by atoms with Crippen molar-refractivity contribution in [3.63, 3.8) is 0 Å². The molecule has 0 atom stereocenters. The molecule has 1 saturated carbocycles. The Morgan fingerprint density at radius 2 is 2.12 bits per heavy atom. The molecule has 3 heterocycles. The minimum Gasteiger partial charge on any atom is -0.464 e. The smallest absolute Gasteiger partial charge is 0.278 e. The Hall–Kier alpha value is -2.07. The number of rotatable bonds is 9. The number of carbonyl (C=O) groups excluding carboxylic acids is 1. The summed E-state index contributed by atoms with van der Waals surface area (Å²) in [5.41, 5.74) is 1.77. The number of hydrogen-bond donors (Lipinski definition) is 1. The summed E-state index contributed by atoms with van der Waals surface area (Å²) >= 11 is 1.40. The maximum atomic E-state index is 13.0. The normalized spacial score (nSPS) is 21.6.